The molecule has 0 atom stereocenters. The Morgan fingerprint density at radius 1 is 1.60 bits per heavy atom. The van der Waals surface area contributed by atoms with Gasteiger partial charge in [-0.1, -0.05) is 5.16 Å². The summed E-state index contributed by atoms with van der Waals surface area (Å²) in [5.41, 5.74) is 0.771. The first-order chi connectivity index (χ1) is 4.86. The van der Waals surface area contributed by atoms with Crippen molar-refractivity contribution in [2.45, 2.75) is 6.42 Å². The van der Waals surface area contributed by atoms with E-state index in [0.717, 1.165) is 5.56 Å². The summed E-state index contributed by atoms with van der Waals surface area (Å²) in [6.07, 6.45) is 3.14. The van der Waals surface area contributed by atoms with E-state index in [1.807, 2.05) is 0 Å². The fraction of sp³-hybridized carbons (Fsp3) is 0.167. The summed E-state index contributed by atoms with van der Waals surface area (Å²) >= 11 is 0. The fourth-order valence-corrected chi connectivity index (χ4v) is 0.845. The third-order valence-corrected chi connectivity index (χ3v) is 1.31. The number of rotatable bonds is 0. The Hall–Kier alpha value is -1.45. The van der Waals surface area contributed by atoms with E-state index < -0.39 is 0 Å². The van der Waals surface area contributed by atoms with Crippen molar-refractivity contribution in [3.8, 4) is 0 Å². The molecular formula is C6H4N2O2. The fourth-order valence-electron chi connectivity index (χ4n) is 0.845. The monoisotopic (exact) mass is 136 g/mol. The largest absolute Gasteiger partial charge is 0.336 e. The van der Waals surface area contributed by atoms with Gasteiger partial charge in [-0.2, -0.15) is 0 Å². The van der Waals surface area contributed by atoms with E-state index in [9.17, 15) is 4.79 Å². The summed E-state index contributed by atoms with van der Waals surface area (Å²) in [5, 5.41) is 3.50. The number of ketones is 1. The predicted molar refractivity (Wildman–Crippen MR) is 33.4 cm³/mol. The van der Waals surface area contributed by atoms with Gasteiger partial charge in [0.15, 0.2) is 5.78 Å². The number of hydrogen-bond donors (Lipinski definition) is 0. The minimum absolute atomic E-state index is 0.00398. The van der Waals surface area contributed by atoms with Crippen LogP contribution >= 0.6 is 0 Å². The summed E-state index contributed by atoms with van der Waals surface area (Å²) in [6.45, 7) is 0. The van der Waals surface area contributed by atoms with Crippen LogP contribution in [0.2, 0.25) is 0 Å². The summed E-state index contributed by atoms with van der Waals surface area (Å²) in [5.74, 6) is 0.454. The maximum atomic E-state index is 10.7. The van der Waals surface area contributed by atoms with Crippen LogP contribution in [0.15, 0.2) is 15.7 Å². The minimum Gasteiger partial charge on any atom is -0.336 e. The number of carbonyl (C=O) groups excluding carboxylic acids is 1. The van der Waals surface area contributed by atoms with E-state index in [2.05, 4.69) is 10.1 Å². The molecule has 0 saturated heterocycles. The second kappa shape index (κ2) is 1.76. The Labute approximate surface area is 56.5 Å². The Balaban J connectivity index is 2.52. The molecule has 2 heterocycles. The SMILES string of the molecule is O=C1C=Nc2oncc2C1. The lowest BCUT2D eigenvalue weighted by Crippen LogP contribution is -2.06. The van der Waals surface area contributed by atoms with Crippen LogP contribution in [0.1, 0.15) is 5.56 Å². The van der Waals surface area contributed by atoms with Crippen molar-refractivity contribution in [1.82, 2.24) is 5.16 Å². The lowest BCUT2D eigenvalue weighted by atomic mass is 10.1. The van der Waals surface area contributed by atoms with E-state index in [4.69, 9.17) is 4.52 Å². The smallest absolute Gasteiger partial charge is 0.254 e. The van der Waals surface area contributed by atoms with E-state index in [1.165, 1.54) is 12.4 Å². The number of carbonyl (C=O) groups is 1. The van der Waals surface area contributed by atoms with Gasteiger partial charge in [-0.05, 0) is 0 Å². The van der Waals surface area contributed by atoms with Crippen LogP contribution in [-0.4, -0.2) is 17.2 Å². The maximum absolute atomic E-state index is 10.7. The Kier molecular flexibility index (Phi) is 0.943. The van der Waals surface area contributed by atoms with Gasteiger partial charge in [0.1, 0.15) is 0 Å². The van der Waals surface area contributed by atoms with Crippen LogP contribution in [-0.2, 0) is 11.2 Å². The first kappa shape index (κ1) is 5.34. The molecule has 0 N–H and O–H groups in total. The predicted octanol–water partition coefficient (Wildman–Crippen LogP) is 0.502. The molecule has 0 radical (unpaired) electrons. The third kappa shape index (κ3) is 0.655. The number of Topliss-reactive ketones (excluding diaryl/α,β-unsaturated/α-hetero) is 1. The summed E-state index contributed by atoms with van der Waals surface area (Å²) < 4.78 is 4.70. The van der Waals surface area contributed by atoms with Crippen molar-refractivity contribution in [3.63, 3.8) is 0 Å². The first-order valence-corrected chi connectivity index (χ1v) is 2.87. The quantitative estimate of drug-likeness (QED) is 0.521. The van der Waals surface area contributed by atoms with Crippen LogP contribution < -0.4 is 0 Å². The zero-order valence-electron chi connectivity index (χ0n) is 5.07. The van der Waals surface area contributed by atoms with E-state index in [1.54, 1.807) is 0 Å². The van der Waals surface area contributed by atoms with Gasteiger partial charge >= 0.3 is 0 Å². The highest BCUT2D eigenvalue weighted by Crippen LogP contribution is 2.20. The summed E-state index contributed by atoms with van der Waals surface area (Å²) in [7, 11) is 0. The number of hydrogen-bond acceptors (Lipinski definition) is 4. The van der Waals surface area contributed by atoms with Gasteiger partial charge in [0, 0.05) is 12.0 Å². The van der Waals surface area contributed by atoms with Crippen molar-refractivity contribution in [2.75, 3.05) is 0 Å². The van der Waals surface area contributed by atoms with Crippen molar-refractivity contribution in [1.29, 1.82) is 0 Å². The molecule has 0 unspecified atom stereocenters. The van der Waals surface area contributed by atoms with E-state index >= 15 is 0 Å². The molecule has 0 spiro atoms. The first-order valence-electron chi connectivity index (χ1n) is 2.87. The van der Waals surface area contributed by atoms with Gasteiger partial charge in [-0.3, -0.25) is 4.79 Å². The van der Waals surface area contributed by atoms with E-state index in [-0.39, 0.29) is 5.78 Å². The van der Waals surface area contributed by atoms with Crippen LogP contribution in [0.25, 0.3) is 0 Å². The molecule has 2 rings (SSSR count). The van der Waals surface area contributed by atoms with Gasteiger partial charge in [0.05, 0.1) is 12.4 Å². The zero-order chi connectivity index (χ0) is 6.97. The van der Waals surface area contributed by atoms with Crippen LogP contribution in [0, 0.1) is 0 Å². The molecular weight excluding hydrogens is 132 g/mol. The standard InChI is InChI=1S/C6H4N2O2/c9-5-1-4-2-8-10-6(4)7-3-5/h2-3H,1H2. The van der Waals surface area contributed by atoms with E-state index in [0.29, 0.717) is 12.3 Å². The zero-order valence-corrected chi connectivity index (χ0v) is 5.07. The highest BCUT2D eigenvalue weighted by molar-refractivity contribution is 6.29. The average molecular weight is 136 g/mol. The maximum Gasteiger partial charge on any atom is 0.254 e. The topological polar surface area (TPSA) is 55.5 Å². The van der Waals surface area contributed by atoms with Crippen LogP contribution in [0.5, 0.6) is 0 Å². The second-order valence-corrected chi connectivity index (χ2v) is 2.06. The van der Waals surface area contributed by atoms with Gasteiger partial charge < -0.3 is 4.52 Å². The molecule has 1 aromatic heterocycles. The van der Waals surface area contributed by atoms with Crippen molar-refractivity contribution < 1.29 is 9.32 Å². The highest BCUT2D eigenvalue weighted by Gasteiger charge is 2.14. The molecule has 0 aliphatic carbocycles. The molecule has 4 heteroatoms. The van der Waals surface area contributed by atoms with Gasteiger partial charge in [0.2, 0.25) is 0 Å². The molecule has 50 valence electrons. The molecule has 0 amide bonds. The molecule has 1 aromatic rings. The van der Waals surface area contributed by atoms with Gasteiger partial charge in [-0.15, -0.1) is 0 Å². The van der Waals surface area contributed by atoms with Crippen LogP contribution in [0.3, 0.4) is 0 Å². The summed E-state index contributed by atoms with van der Waals surface area (Å²) in [4.78, 5) is 14.4. The Bertz CT molecular complexity index is 300. The molecule has 0 aromatic carbocycles. The number of fused-ring (bicyclic) bond motifs is 1. The molecule has 0 saturated carbocycles. The Morgan fingerprint density at radius 3 is 3.40 bits per heavy atom. The van der Waals surface area contributed by atoms with Crippen molar-refractivity contribution in [2.24, 2.45) is 4.99 Å². The minimum atomic E-state index is -0.00398. The average Bonchev–Trinajstić information content (AvgIpc) is 2.33. The molecule has 10 heavy (non-hydrogen) atoms. The van der Waals surface area contributed by atoms with Gasteiger partial charge in [0.25, 0.3) is 5.88 Å². The normalized spacial score (nSPS) is 15.4. The number of aliphatic imine (C=N–C) groups is 1. The molecule has 1 aliphatic rings. The van der Waals surface area contributed by atoms with Crippen molar-refractivity contribution >= 4 is 17.9 Å². The second-order valence-electron chi connectivity index (χ2n) is 2.06. The number of aromatic nitrogens is 1. The number of nitrogens with zero attached hydrogens (tertiary/aromatic N) is 2. The van der Waals surface area contributed by atoms with Crippen LogP contribution in [0.4, 0.5) is 5.88 Å². The summed E-state index contributed by atoms with van der Waals surface area (Å²) in [6, 6.07) is 0. The molecule has 1 aliphatic heterocycles. The Morgan fingerprint density at radius 2 is 2.50 bits per heavy atom. The third-order valence-electron chi connectivity index (χ3n) is 1.31. The molecule has 0 bridgehead atoms. The molecule has 4 nitrogen and oxygen atoms in total. The van der Waals surface area contributed by atoms with Crippen molar-refractivity contribution in [3.05, 3.63) is 11.8 Å². The molecule has 0 fully saturated rings. The highest BCUT2D eigenvalue weighted by atomic mass is 16.5. The van der Waals surface area contributed by atoms with Gasteiger partial charge in [-0.25, -0.2) is 4.99 Å². The lowest BCUT2D eigenvalue weighted by Gasteiger charge is -1.96. The lowest BCUT2D eigenvalue weighted by molar-refractivity contribution is -0.112.